The molecule has 0 radical (unpaired) electrons. The average molecular weight is 325 g/mol. The van der Waals surface area contributed by atoms with Crippen LogP contribution < -0.4 is 0 Å². The first-order valence-electron chi connectivity index (χ1n) is 7.88. The number of alkyl halides is 1. The third kappa shape index (κ3) is 2.93. The summed E-state index contributed by atoms with van der Waals surface area (Å²) in [5.41, 5.74) is 2.63. The van der Waals surface area contributed by atoms with Crippen molar-refractivity contribution >= 4 is 34.2 Å². The van der Waals surface area contributed by atoms with Crippen molar-refractivity contribution in [3.63, 3.8) is 0 Å². The number of aromatic nitrogens is 2. The third-order valence-electron chi connectivity index (χ3n) is 5.02. The Hall–Kier alpha value is -0.730. The van der Waals surface area contributed by atoms with Crippen LogP contribution in [0, 0.1) is 5.41 Å². The molecule has 1 heterocycles. The first-order valence-corrected chi connectivity index (χ1v) is 8.79. The topological polar surface area (TPSA) is 17.8 Å². The Bertz CT molecular complexity index is 627. The summed E-state index contributed by atoms with van der Waals surface area (Å²) >= 11 is 12.1. The van der Waals surface area contributed by atoms with Crippen LogP contribution in [0.25, 0.3) is 11.0 Å². The number of halogens is 2. The smallest absolute Gasteiger partial charge is 0.111 e. The predicted molar refractivity (Wildman–Crippen MR) is 90.4 cm³/mol. The zero-order valence-corrected chi connectivity index (χ0v) is 14.1. The van der Waals surface area contributed by atoms with Crippen LogP contribution in [0.3, 0.4) is 0 Å². The summed E-state index contributed by atoms with van der Waals surface area (Å²) in [6, 6.07) is 6.01. The van der Waals surface area contributed by atoms with Crippen LogP contribution in [0.4, 0.5) is 0 Å². The van der Waals surface area contributed by atoms with E-state index in [1.165, 1.54) is 37.6 Å². The van der Waals surface area contributed by atoms with E-state index in [4.69, 9.17) is 28.2 Å². The van der Waals surface area contributed by atoms with Gasteiger partial charge in [0.15, 0.2) is 0 Å². The number of aryl methyl sites for hydroxylation is 1. The van der Waals surface area contributed by atoms with Crippen LogP contribution in [0.15, 0.2) is 18.2 Å². The molecule has 0 atom stereocenters. The van der Waals surface area contributed by atoms with Crippen molar-refractivity contribution in [2.75, 3.05) is 5.88 Å². The van der Waals surface area contributed by atoms with Crippen molar-refractivity contribution in [3.05, 3.63) is 29.0 Å². The molecule has 114 valence electrons. The Kier molecular flexibility index (Phi) is 4.46. The van der Waals surface area contributed by atoms with Crippen molar-refractivity contribution in [2.24, 2.45) is 5.41 Å². The molecule has 1 aromatic carbocycles. The minimum Gasteiger partial charge on any atom is -0.327 e. The summed E-state index contributed by atoms with van der Waals surface area (Å²) in [6.45, 7) is 3.39. The van der Waals surface area contributed by atoms with Gasteiger partial charge >= 0.3 is 0 Å². The summed E-state index contributed by atoms with van der Waals surface area (Å²) in [5.74, 6) is 1.71. The maximum Gasteiger partial charge on any atom is 0.111 e. The van der Waals surface area contributed by atoms with Gasteiger partial charge in [0, 0.05) is 23.9 Å². The van der Waals surface area contributed by atoms with Crippen LogP contribution in [0.5, 0.6) is 0 Å². The first kappa shape index (κ1) is 15.2. The average Bonchev–Trinajstić information content (AvgIpc) is 3.06. The highest BCUT2D eigenvalue weighted by Gasteiger charge is 2.33. The van der Waals surface area contributed by atoms with E-state index in [0.29, 0.717) is 11.3 Å². The molecule has 0 spiro atoms. The van der Waals surface area contributed by atoms with Crippen molar-refractivity contribution < 1.29 is 0 Å². The summed E-state index contributed by atoms with van der Waals surface area (Å²) in [4.78, 5) is 4.76. The lowest BCUT2D eigenvalue weighted by atomic mass is 9.83. The fraction of sp³-hybridized carbons (Fsp3) is 0.588. The fourth-order valence-corrected chi connectivity index (χ4v) is 4.02. The lowest BCUT2D eigenvalue weighted by Gasteiger charge is -2.29. The van der Waals surface area contributed by atoms with Gasteiger partial charge in [-0.2, -0.15) is 0 Å². The zero-order valence-electron chi connectivity index (χ0n) is 12.5. The third-order valence-corrected chi connectivity index (χ3v) is 5.44. The molecule has 0 amide bonds. The molecule has 0 N–H and O–H groups in total. The summed E-state index contributed by atoms with van der Waals surface area (Å²) in [7, 11) is 0. The van der Waals surface area contributed by atoms with Crippen molar-refractivity contribution in [1.29, 1.82) is 0 Å². The highest BCUT2D eigenvalue weighted by molar-refractivity contribution is 6.31. The normalized spacial score (nSPS) is 17.7. The number of rotatable bonds is 5. The number of hydrogen-bond acceptors (Lipinski definition) is 1. The number of hydrogen-bond donors (Lipinski definition) is 0. The van der Waals surface area contributed by atoms with Gasteiger partial charge in [-0.3, -0.25) is 0 Å². The number of fused-ring (bicyclic) bond motifs is 1. The van der Waals surface area contributed by atoms with Gasteiger partial charge < -0.3 is 4.57 Å². The van der Waals surface area contributed by atoms with Crippen LogP contribution in [-0.4, -0.2) is 15.4 Å². The van der Waals surface area contributed by atoms with E-state index >= 15 is 0 Å². The molecule has 1 fully saturated rings. The summed E-state index contributed by atoms with van der Waals surface area (Å²) in [6.07, 6.45) is 7.43. The molecule has 3 rings (SSSR count). The van der Waals surface area contributed by atoms with Gasteiger partial charge in [0.2, 0.25) is 0 Å². The molecular weight excluding hydrogens is 303 g/mol. The van der Waals surface area contributed by atoms with Gasteiger partial charge in [-0.15, -0.1) is 11.6 Å². The summed E-state index contributed by atoms with van der Waals surface area (Å²) in [5, 5.41) is 0.746. The largest absolute Gasteiger partial charge is 0.327 e. The van der Waals surface area contributed by atoms with Gasteiger partial charge in [-0.05, 0) is 42.9 Å². The molecule has 1 aliphatic carbocycles. The molecular formula is C17H22Cl2N2. The van der Waals surface area contributed by atoms with Gasteiger partial charge in [0.05, 0.1) is 11.0 Å². The number of imidazole rings is 1. The molecule has 0 bridgehead atoms. The molecule has 2 aromatic rings. The number of benzene rings is 1. The minimum atomic E-state index is 0.439. The van der Waals surface area contributed by atoms with Crippen LogP contribution in [-0.2, 0) is 13.0 Å². The molecule has 4 heteroatoms. The Morgan fingerprint density at radius 1 is 1.29 bits per heavy atom. The minimum absolute atomic E-state index is 0.439. The Morgan fingerprint density at radius 3 is 2.71 bits per heavy atom. The monoisotopic (exact) mass is 324 g/mol. The molecule has 1 aliphatic rings. The Morgan fingerprint density at radius 2 is 2.05 bits per heavy atom. The predicted octanol–water partition coefficient (Wildman–Crippen LogP) is 5.44. The van der Waals surface area contributed by atoms with Gasteiger partial charge in [-0.25, -0.2) is 4.98 Å². The maximum atomic E-state index is 6.11. The van der Waals surface area contributed by atoms with E-state index in [1.807, 2.05) is 12.1 Å². The van der Waals surface area contributed by atoms with E-state index in [0.717, 1.165) is 29.3 Å². The Labute approximate surface area is 136 Å². The van der Waals surface area contributed by atoms with Crippen LogP contribution in [0.2, 0.25) is 5.02 Å². The maximum absolute atomic E-state index is 6.11. The Balaban J connectivity index is 2.04. The SMILES string of the molecule is CCC1(Cn2c(CCCl)nc3cc(Cl)ccc32)CCCC1. The van der Waals surface area contributed by atoms with Crippen LogP contribution in [0.1, 0.15) is 44.9 Å². The molecule has 1 aromatic heterocycles. The second-order valence-corrected chi connectivity index (χ2v) is 7.06. The molecule has 21 heavy (non-hydrogen) atoms. The highest BCUT2D eigenvalue weighted by Crippen LogP contribution is 2.43. The van der Waals surface area contributed by atoms with E-state index in [9.17, 15) is 0 Å². The standard InChI is InChI=1S/C17H22Cl2N2/c1-2-17(8-3-4-9-17)12-21-15-6-5-13(19)11-14(15)20-16(21)7-10-18/h5-6,11H,2-4,7-10,12H2,1H3. The fourth-order valence-electron chi connectivity index (χ4n) is 3.69. The van der Waals surface area contributed by atoms with Crippen molar-refractivity contribution in [3.8, 4) is 0 Å². The molecule has 0 aliphatic heterocycles. The van der Waals surface area contributed by atoms with E-state index in [2.05, 4.69) is 17.6 Å². The molecule has 0 unspecified atom stereocenters. The quantitative estimate of drug-likeness (QED) is 0.669. The van der Waals surface area contributed by atoms with E-state index in [1.54, 1.807) is 0 Å². The number of nitrogens with zero attached hydrogens (tertiary/aromatic N) is 2. The van der Waals surface area contributed by atoms with E-state index in [-0.39, 0.29) is 0 Å². The molecule has 1 saturated carbocycles. The summed E-state index contributed by atoms with van der Waals surface area (Å²) < 4.78 is 2.39. The lowest BCUT2D eigenvalue weighted by molar-refractivity contribution is 0.238. The van der Waals surface area contributed by atoms with Gasteiger partial charge in [-0.1, -0.05) is 31.4 Å². The molecule has 0 saturated heterocycles. The molecule has 2 nitrogen and oxygen atoms in total. The van der Waals surface area contributed by atoms with Gasteiger partial charge in [0.1, 0.15) is 5.82 Å². The van der Waals surface area contributed by atoms with E-state index < -0.39 is 0 Å². The second kappa shape index (κ2) is 6.18. The highest BCUT2D eigenvalue weighted by atomic mass is 35.5. The van der Waals surface area contributed by atoms with Gasteiger partial charge in [0.25, 0.3) is 0 Å². The second-order valence-electron chi connectivity index (χ2n) is 6.25. The first-order chi connectivity index (χ1) is 10.2. The zero-order chi connectivity index (χ0) is 14.9. The van der Waals surface area contributed by atoms with Crippen molar-refractivity contribution in [1.82, 2.24) is 9.55 Å². The van der Waals surface area contributed by atoms with Crippen molar-refractivity contribution in [2.45, 2.75) is 52.0 Å². The van der Waals surface area contributed by atoms with Crippen LogP contribution >= 0.6 is 23.2 Å². The lowest BCUT2D eigenvalue weighted by Crippen LogP contribution is -2.24.